The third kappa shape index (κ3) is 4.01. The Bertz CT molecular complexity index is 1190. The molecule has 4 nitrogen and oxygen atoms in total. The molecular weight excluding hydrogens is 379 g/mol. The first kappa shape index (κ1) is 19.6. The molecule has 0 saturated carbocycles. The monoisotopic (exact) mass is 400 g/mol. The number of hydrogen-bond acceptors (Lipinski definition) is 3. The van der Waals surface area contributed by atoms with Gasteiger partial charge in [-0.25, -0.2) is 4.39 Å². The number of nitrogens with zero attached hydrogens (tertiary/aromatic N) is 1. The van der Waals surface area contributed by atoms with Crippen molar-refractivity contribution >= 4 is 16.7 Å². The van der Waals surface area contributed by atoms with Gasteiger partial charge in [-0.15, -0.1) is 0 Å². The van der Waals surface area contributed by atoms with E-state index in [0.717, 1.165) is 33.2 Å². The van der Waals surface area contributed by atoms with Gasteiger partial charge in [0.1, 0.15) is 11.6 Å². The summed E-state index contributed by atoms with van der Waals surface area (Å²) in [5.74, 6) is -0.146. The van der Waals surface area contributed by atoms with Crippen LogP contribution in [0.1, 0.15) is 22.8 Å². The van der Waals surface area contributed by atoms with Crippen molar-refractivity contribution in [2.24, 2.45) is 0 Å². The van der Waals surface area contributed by atoms with Gasteiger partial charge in [-0.2, -0.15) is 0 Å². The SMILES string of the molecule is CCOc1ccc(-c2ccc(CNC(=O)c3ccccc3F)c3cnccc23)cc1. The molecule has 30 heavy (non-hydrogen) atoms. The first-order chi connectivity index (χ1) is 14.7. The van der Waals surface area contributed by atoms with Crippen LogP contribution in [0.4, 0.5) is 4.39 Å². The highest BCUT2D eigenvalue weighted by atomic mass is 19.1. The fourth-order valence-corrected chi connectivity index (χ4v) is 3.47. The van der Waals surface area contributed by atoms with Gasteiger partial charge in [0.25, 0.3) is 5.91 Å². The number of pyridine rings is 1. The molecule has 1 aromatic heterocycles. The largest absolute Gasteiger partial charge is 0.494 e. The zero-order chi connectivity index (χ0) is 20.9. The Morgan fingerprint density at radius 1 is 1.00 bits per heavy atom. The molecule has 0 fully saturated rings. The van der Waals surface area contributed by atoms with Crippen molar-refractivity contribution in [3.63, 3.8) is 0 Å². The molecule has 0 bridgehead atoms. The number of benzene rings is 3. The predicted octanol–water partition coefficient (Wildman–Crippen LogP) is 5.37. The van der Waals surface area contributed by atoms with Gasteiger partial charge in [-0.1, -0.05) is 36.4 Å². The Hall–Kier alpha value is -3.73. The van der Waals surface area contributed by atoms with E-state index in [1.54, 1.807) is 24.5 Å². The molecule has 0 aliphatic carbocycles. The first-order valence-electron chi connectivity index (χ1n) is 9.79. The topological polar surface area (TPSA) is 51.2 Å². The van der Waals surface area contributed by atoms with Gasteiger partial charge in [0.05, 0.1) is 12.2 Å². The number of halogens is 1. The van der Waals surface area contributed by atoms with Crippen LogP contribution < -0.4 is 10.1 Å². The summed E-state index contributed by atoms with van der Waals surface area (Å²) in [5.41, 5.74) is 3.08. The molecular formula is C25H21FN2O2. The second-order valence-corrected chi connectivity index (χ2v) is 6.81. The lowest BCUT2D eigenvalue weighted by Crippen LogP contribution is -2.23. The van der Waals surface area contributed by atoms with E-state index in [1.807, 2.05) is 49.4 Å². The van der Waals surface area contributed by atoms with Crippen LogP contribution in [0.2, 0.25) is 0 Å². The molecule has 3 aromatic carbocycles. The molecule has 0 spiro atoms. The maximum Gasteiger partial charge on any atom is 0.254 e. The highest BCUT2D eigenvalue weighted by Crippen LogP contribution is 2.31. The molecule has 0 saturated heterocycles. The molecule has 0 unspecified atom stereocenters. The summed E-state index contributed by atoms with van der Waals surface area (Å²) in [4.78, 5) is 16.6. The highest BCUT2D eigenvalue weighted by molar-refractivity contribution is 5.99. The van der Waals surface area contributed by atoms with Crippen molar-refractivity contribution < 1.29 is 13.9 Å². The Kier molecular flexibility index (Phi) is 5.70. The van der Waals surface area contributed by atoms with Crippen molar-refractivity contribution in [1.82, 2.24) is 10.3 Å². The summed E-state index contributed by atoms with van der Waals surface area (Å²) in [6.07, 6.45) is 3.54. The van der Waals surface area contributed by atoms with E-state index in [4.69, 9.17) is 4.74 Å². The number of fused-ring (bicyclic) bond motifs is 1. The minimum absolute atomic E-state index is 0.0333. The van der Waals surface area contributed by atoms with Gasteiger partial charge < -0.3 is 10.1 Å². The number of nitrogens with one attached hydrogen (secondary N) is 1. The molecule has 4 aromatic rings. The normalized spacial score (nSPS) is 10.7. The van der Waals surface area contributed by atoms with Crippen LogP contribution in [0.5, 0.6) is 5.75 Å². The zero-order valence-corrected chi connectivity index (χ0v) is 16.6. The summed E-state index contributed by atoms with van der Waals surface area (Å²) in [7, 11) is 0. The molecule has 150 valence electrons. The Morgan fingerprint density at radius 2 is 1.80 bits per heavy atom. The molecule has 5 heteroatoms. The van der Waals surface area contributed by atoms with E-state index in [-0.39, 0.29) is 12.1 Å². The van der Waals surface area contributed by atoms with Crippen molar-refractivity contribution in [3.05, 3.63) is 96.1 Å². The maximum atomic E-state index is 13.9. The number of rotatable bonds is 6. The van der Waals surface area contributed by atoms with Gasteiger partial charge in [0.2, 0.25) is 0 Å². The van der Waals surface area contributed by atoms with Crippen molar-refractivity contribution in [1.29, 1.82) is 0 Å². The third-order valence-corrected chi connectivity index (χ3v) is 4.94. The van der Waals surface area contributed by atoms with Gasteiger partial charge >= 0.3 is 0 Å². The molecule has 0 atom stereocenters. The van der Waals surface area contributed by atoms with Crippen LogP contribution in [0.3, 0.4) is 0 Å². The lowest BCUT2D eigenvalue weighted by Gasteiger charge is -2.13. The first-order valence-corrected chi connectivity index (χ1v) is 9.79. The minimum Gasteiger partial charge on any atom is -0.494 e. The van der Waals surface area contributed by atoms with Gasteiger partial charge in [0.15, 0.2) is 0 Å². The van der Waals surface area contributed by atoms with Gasteiger partial charge in [0, 0.05) is 24.3 Å². The summed E-state index contributed by atoms with van der Waals surface area (Å²) >= 11 is 0. The number of ether oxygens (including phenoxy) is 1. The third-order valence-electron chi connectivity index (χ3n) is 4.94. The number of hydrogen-bond donors (Lipinski definition) is 1. The molecule has 1 N–H and O–H groups in total. The average molecular weight is 400 g/mol. The standard InChI is InChI=1S/C25H21FN2O2/c1-2-30-19-10-7-17(8-11-19)20-12-9-18(23-16-27-14-13-21(20)23)15-28-25(29)22-5-3-4-6-24(22)26/h3-14,16H,2,15H2,1H3,(H,28,29). The van der Waals surface area contributed by atoms with Crippen LogP contribution in [0, 0.1) is 5.82 Å². The van der Waals surface area contributed by atoms with E-state index in [2.05, 4.69) is 10.3 Å². The van der Waals surface area contributed by atoms with E-state index >= 15 is 0 Å². The number of aromatic nitrogens is 1. The van der Waals surface area contributed by atoms with E-state index in [9.17, 15) is 9.18 Å². The highest BCUT2D eigenvalue weighted by Gasteiger charge is 2.12. The van der Waals surface area contributed by atoms with Gasteiger partial charge in [-0.05, 0) is 59.3 Å². The number of carbonyl (C=O) groups excluding carboxylic acids is 1. The lowest BCUT2D eigenvalue weighted by molar-refractivity contribution is 0.0947. The summed E-state index contributed by atoms with van der Waals surface area (Å²) in [6, 6.07) is 19.9. The fourth-order valence-electron chi connectivity index (χ4n) is 3.47. The lowest BCUT2D eigenvalue weighted by atomic mass is 9.96. The molecule has 1 amide bonds. The molecule has 4 rings (SSSR count). The second kappa shape index (κ2) is 8.74. The predicted molar refractivity (Wildman–Crippen MR) is 116 cm³/mol. The van der Waals surface area contributed by atoms with Crippen molar-refractivity contribution in [3.8, 4) is 16.9 Å². The minimum atomic E-state index is -0.535. The maximum absolute atomic E-state index is 13.9. The molecule has 1 heterocycles. The van der Waals surface area contributed by atoms with Crippen LogP contribution in [-0.2, 0) is 6.54 Å². The fraction of sp³-hybridized carbons (Fsp3) is 0.120. The van der Waals surface area contributed by atoms with Gasteiger partial charge in [-0.3, -0.25) is 9.78 Å². The van der Waals surface area contributed by atoms with E-state index in [0.29, 0.717) is 6.61 Å². The summed E-state index contributed by atoms with van der Waals surface area (Å²) in [6.45, 7) is 2.86. The number of amides is 1. The Balaban J connectivity index is 1.62. The zero-order valence-electron chi connectivity index (χ0n) is 16.6. The Morgan fingerprint density at radius 3 is 2.57 bits per heavy atom. The quantitative estimate of drug-likeness (QED) is 0.473. The summed E-state index contributed by atoms with van der Waals surface area (Å²) in [5, 5.41) is 4.78. The molecule has 0 radical (unpaired) electrons. The smallest absolute Gasteiger partial charge is 0.254 e. The molecule has 0 aliphatic rings. The van der Waals surface area contributed by atoms with Crippen molar-refractivity contribution in [2.75, 3.05) is 6.61 Å². The van der Waals surface area contributed by atoms with Crippen molar-refractivity contribution in [2.45, 2.75) is 13.5 Å². The van der Waals surface area contributed by atoms with E-state index in [1.165, 1.54) is 12.1 Å². The van der Waals surface area contributed by atoms with Crippen LogP contribution in [-0.4, -0.2) is 17.5 Å². The van der Waals surface area contributed by atoms with Crippen LogP contribution in [0.25, 0.3) is 21.9 Å². The number of carbonyl (C=O) groups is 1. The van der Waals surface area contributed by atoms with Crippen LogP contribution >= 0.6 is 0 Å². The summed E-state index contributed by atoms with van der Waals surface area (Å²) < 4.78 is 19.4. The average Bonchev–Trinajstić information content (AvgIpc) is 2.78. The Labute approximate surface area is 174 Å². The van der Waals surface area contributed by atoms with Crippen LogP contribution in [0.15, 0.2) is 79.1 Å². The molecule has 0 aliphatic heterocycles. The van der Waals surface area contributed by atoms with E-state index < -0.39 is 11.7 Å². The second-order valence-electron chi connectivity index (χ2n) is 6.81.